The summed E-state index contributed by atoms with van der Waals surface area (Å²) in [6.07, 6.45) is 0. The first-order valence-electron chi connectivity index (χ1n) is 9.81. The number of carbonyl (C=O) groups is 2. The van der Waals surface area contributed by atoms with E-state index in [9.17, 15) is 14.0 Å². The highest BCUT2D eigenvalue weighted by molar-refractivity contribution is 8.04. The maximum absolute atomic E-state index is 14.5. The number of carbonyl (C=O) groups excluding carboxylic acids is 2. The van der Waals surface area contributed by atoms with Crippen molar-refractivity contribution in [2.75, 3.05) is 10.2 Å². The van der Waals surface area contributed by atoms with Gasteiger partial charge in [-0.2, -0.15) is 0 Å². The van der Waals surface area contributed by atoms with E-state index in [-0.39, 0.29) is 16.3 Å². The molecule has 0 radical (unpaired) electrons. The molecule has 0 bridgehead atoms. The van der Waals surface area contributed by atoms with Crippen LogP contribution in [0.15, 0.2) is 82.2 Å². The van der Waals surface area contributed by atoms with E-state index in [1.54, 1.807) is 6.07 Å². The summed E-state index contributed by atoms with van der Waals surface area (Å²) in [7, 11) is 0. The quantitative estimate of drug-likeness (QED) is 0.523. The molecule has 4 rings (SSSR count). The van der Waals surface area contributed by atoms with Crippen molar-refractivity contribution in [3.63, 3.8) is 0 Å². The fraction of sp³-hybridized carbons (Fsp3) is 0.120. The molecule has 0 unspecified atom stereocenters. The van der Waals surface area contributed by atoms with Gasteiger partial charge in [-0.05, 0) is 56.7 Å². The molecule has 3 aromatic rings. The molecule has 156 valence electrons. The summed E-state index contributed by atoms with van der Waals surface area (Å²) in [5.74, 6) is -1.76. The Kier molecular flexibility index (Phi) is 5.65. The summed E-state index contributed by atoms with van der Waals surface area (Å²) >= 11 is 1.20. The topological polar surface area (TPSA) is 49.4 Å². The minimum absolute atomic E-state index is 0.0584. The average Bonchev–Trinajstić information content (AvgIpc) is 2.96. The van der Waals surface area contributed by atoms with Gasteiger partial charge in [0.05, 0.1) is 5.69 Å². The van der Waals surface area contributed by atoms with Crippen LogP contribution in [0.3, 0.4) is 0 Å². The van der Waals surface area contributed by atoms with Crippen LogP contribution in [0.2, 0.25) is 0 Å². The number of thioether (sulfide) groups is 1. The molecule has 31 heavy (non-hydrogen) atoms. The molecular formula is C25H21FN2O2S. The first-order valence-corrected chi connectivity index (χ1v) is 10.6. The van der Waals surface area contributed by atoms with Gasteiger partial charge in [0.25, 0.3) is 11.8 Å². The van der Waals surface area contributed by atoms with Crippen molar-refractivity contribution in [1.29, 1.82) is 0 Å². The third-order valence-corrected chi connectivity index (χ3v) is 6.11. The number of hydrogen-bond acceptors (Lipinski definition) is 4. The van der Waals surface area contributed by atoms with Crippen LogP contribution in [-0.4, -0.2) is 11.8 Å². The van der Waals surface area contributed by atoms with Crippen LogP contribution in [0, 0.1) is 26.6 Å². The molecule has 1 aliphatic heterocycles. The van der Waals surface area contributed by atoms with Crippen LogP contribution >= 0.6 is 11.8 Å². The molecule has 1 N–H and O–H groups in total. The number of benzene rings is 3. The minimum Gasteiger partial charge on any atom is -0.350 e. The van der Waals surface area contributed by atoms with Crippen molar-refractivity contribution in [2.24, 2.45) is 0 Å². The van der Waals surface area contributed by atoms with Crippen molar-refractivity contribution in [3.05, 3.63) is 99.8 Å². The highest BCUT2D eigenvalue weighted by Crippen LogP contribution is 2.38. The number of para-hydroxylation sites is 1. The molecule has 0 spiro atoms. The van der Waals surface area contributed by atoms with E-state index in [4.69, 9.17) is 0 Å². The van der Waals surface area contributed by atoms with E-state index in [0.717, 1.165) is 32.2 Å². The van der Waals surface area contributed by atoms with Gasteiger partial charge in [0.1, 0.15) is 16.4 Å². The number of hydrogen-bond donors (Lipinski definition) is 1. The Labute approximate surface area is 184 Å². The number of nitrogens with one attached hydrogen (secondary N) is 1. The van der Waals surface area contributed by atoms with Gasteiger partial charge in [0.2, 0.25) is 0 Å². The second kappa shape index (κ2) is 8.40. The Hall–Kier alpha value is -3.38. The molecule has 4 nitrogen and oxygen atoms in total. The van der Waals surface area contributed by atoms with Crippen LogP contribution in [0.4, 0.5) is 15.8 Å². The largest absolute Gasteiger partial charge is 0.350 e. The Morgan fingerprint density at radius 1 is 0.839 bits per heavy atom. The van der Waals surface area contributed by atoms with Gasteiger partial charge in [-0.25, -0.2) is 9.29 Å². The summed E-state index contributed by atoms with van der Waals surface area (Å²) in [6.45, 7) is 5.89. The third-order valence-electron chi connectivity index (χ3n) is 5.02. The molecule has 0 fully saturated rings. The number of anilines is 2. The molecule has 6 heteroatoms. The van der Waals surface area contributed by atoms with Crippen LogP contribution < -0.4 is 10.2 Å². The van der Waals surface area contributed by atoms with Crippen LogP contribution in [0.5, 0.6) is 0 Å². The number of imide groups is 1. The molecule has 0 aromatic heterocycles. The first-order chi connectivity index (χ1) is 14.8. The van der Waals surface area contributed by atoms with Crippen molar-refractivity contribution in [1.82, 2.24) is 0 Å². The summed E-state index contributed by atoms with van der Waals surface area (Å²) in [4.78, 5) is 28.6. The zero-order valence-corrected chi connectivity index (χ0v) is 18.2. The van der Waals surface area contributed by atoms with E-state index >= 15 is 0 Å². The highest BCUT2D eigenvalue weighted by Gasteiger charge is 2.41. The minimum atomic E-state index is -0.628. The number of aryl methyl sites for hydroxylation is 3. The van der Waals surface area contributed by atoms with Gasteiger partial charge in [0, 0.05) is 10.6 Å². The lowest BCUT2D eigenvalue weighted by Gasteiger charge is -2.16. The fourth-order valence-electron chi connectivity index (χ4n) is 3.38. The van der Waals surface area contributed by atoms with E-state index in [2.05, 4.69) is 5.32 Å². The standard InChI is InChI=1S/C25H21FN2O2S/c1-15-8-11-18(12-9-15)31-23-22(27-20-13-10-16(2)14-17(20)3)24(29)28(25(23)30)21-7-5-4-6-19(21)26/h4-14,27H,1-3H3. The molecular weight excluding hydrogens is 411 g/mol. The molecule has 1 aliphatic rings. The maximum atomic E-state index is 14.5. The van der Waals surface area contributed by atoms with Crippen LogP contribution in [-0.2, 0) is 9.59 Å². The zero-order chi connectivity index (χ0) is 22.1. The average molecular weight is 433 g/mol. The molecule has 0 aliphatic carbocycles. The van der Waals surface area contributed by atoms with Gasteiger partial charge in [-0.15, -0.1) is 0 Å². The SMILES string of the molecule is Cc1ccc(SC2=C(Nc3ccc(C)cc3C)C(=O)N(c3ccccc3F)C2=O)cc1. The number of amides is 2. The van der Waals surface area contributed by atoms with Crippen LogP contribution in [0.25, 0.3) is 0 Å². The third kappa shape index (κ3) is 4.11. The lowest BCUT2D eigenvalue weighted by atomic mass is 10.1. The first kappa shape index (κ1) is 20.9. The normalized spacial score (nSPS) is 13.9. The summed E-state index contributed by atoms with van der Waals surface area (Å²) in [5.41, 5.74) is 3.93. The Bertz CT molecular complexity index is 1220. The van der Waals surface area contributed by atoms with Gasteiger partial charge < -0.3 is 5.32 Å². The van der Waals surface area contributed by atoms with E-state index in [0.29, 0.717) is 0 Å². The van der Waals surface area contributed by atoms with Gasteiger partial charge in [0.15, 0.2) is 0 Å². The molecule has 0 saturated carbocycles. The number of nitrogens with zero attached hydrogens (tertiary/aromatic N) is 1. The van der Waals surface area contributed by atoms with Crippen LogP contribution in [0.1, 0.15) is 16.7 Å². The predicted octanol–water partition coefficient (Wildman–Crippen LogP) is 5.74. The zero-order valence-electron chi connectivity index (χ0n) is 17.4. The van der Waals surface area contributed by atoms with Crippen molar-refractivity contribution < 1.29 is 14.0 Å². The van der Waals surface area contributed by atoms with E-state index in [1.807, 2.05) is 63.2 Å². The van der Waals surface area contributed by atoms with Gasteiger partial charge >= 0.3 is 0 Å². The van der Waals surface area contributed by atoms with Gasteiger partial charge in [-0.1, -0.05) is 59.3 Å². The Balaban J connectivity index is 1.78. The lowest BCUT2D eigenvalue weighted by molar-refractivity contribution is -0.120. The molecule has 3 aromatic carbocycles. The molecule has 2 amide bonds. The number of rotatable bonds is 5. The lowest BCUT2D eigenvalue weighted by Crippen LogP contribution is -2.33. The van der Waals surface area contributed by atoms with Crippen molar-refractivity contribution >= 4 is 35.0 Å². The predicted molar refractivity (Wildman–Crippen MR) is 122 cm³/mol. The Morgan fingerprint density at radius 3 is 2.19 bits per heavy atom. The van der Waals surface area contributed by atoms with E-state index in [1.165, 1.54) is 30.0 Å². The van der Waals surface area contributed by atoms with Crippen molar-refractivity contribution in [2.45, 2.75) is 25.7 Å². The van der Waals surface area contributed by atoms with E-state index < -0.39 is 17.6 Å². The van der Waals surface area contributed by atoms with Gasteiger partial charge in [-0.3, -0.25) is 9.59 Å². The van der Waals surface area contributed by atoms with Crippen molar-refractivity contribution in [3.8, 4) is 0 Å². The molecule has 0 atom stereocenters. The smallest absolute Gasteiger partial charge is 0.283 e. The summed E-state index contributed by atoms with van der Waals surface area (Å²) in [5, 5.41) is 3.14. The second-order valence-corrected chi connectivity index (χ2v) is 8.54. The summed E-state index contributed by atoms with van der Waals surface area (Å²) in [6, 6.07) is 19.2. The highest BCUT2D eigenvalue weighted by atomic mass is 32.2. The maximum Gasteiger partial charge on any atom is 0.283 e. The monoisotopic (exact) mass is 432 g/mol. The number of halogens is 1. The summed E-state index contributed by atoms with van der Waals surface area (Å²) < 4.78 is 14.5. The second-order valence-electron chi connectivity index (χ2n) is 7.46. The fourth-order valence-corrected chi connectivity index (χ4v) is 4.31. The molecule has 0 saturated heterocycles. The Morgan fingerprint density at radius 2 is 1.52 bits per heavy atom. The molecule has 1 heterocycles.